The minimum absolute atomic E-state index is 0.194. The lowest BCUT2D eigenvalue weighted by Gasteiger charge is -2.05. The monoisotopic (exact) mass is 301 g/mol. The van der Waals surface area contributed by atoms with Crippen LogP contribution in [-0.4, -0.2) is 37.4 Å². The van der Waals surface area contributed by atoms with Crippen LogP contribution in [0.15, 0.2) is 52.6 Å². The number of pyridine rings is 1. The number of phenolic OH excluding ortho intramolecular Hbond substituents is 1. The number of hydrogen-bond donors (Lipinski definition) is 1. The van der Waals surface area contributed by atoms with Crippen LogP contribution in [0, 0.1) is 0 Å². The summed E-state index contributed by atoms with van der Waals surface area (Å²) in [7, 11) is 1.57. The average Bonchev–Trinajstić information content (AvgIpc) is 2.96. The maximum Gasteiger partial charge on any atom is 0.218 e. The normalized spacial score (nSPS) is 10.5. The molecule has 0 atom stereocenters. The van der Waals surface area contributed by atoms with Crippen molar-refractivity contribution in [3.8, 4) is 17.3 Å². The molecule has 2 aromatic heterocycles. The first kappa shape index (κ1) is 13.4. The molecule has 0 unspecified atom stereocenters. The Morgan fingerprint density at radius 1 is 1.19 bits per heavy atom. The highest BCUT2D eigenvalue weighted by atomic mass is 32.2. The van der Waals surface area contributed by atoms with E-state index in [-0.39, 0.29) is 5.75 Å². The summed E-state index contributed by atoms with van der Waals surface area (Å²) >= 11 is 1.39. The highest BCUT2D eigenvalue weighted by molar-refractivity contribution is 7.99. The van der Waals surface area contributed by atoms with Crippen LogP contribution in [0.5, 0.6) is 11.6 Å². The number of ether oxygens (including phenoxy) is 1. The van der Waals surface area contributed by atoms with E-state index >= 15 is 0 Å². The third-order valence-electron chi connectivity index (χ3n) is 2.66. The number of aromatic hydroxyl groups is 1. The van der Waals surface area contributed by atoms with Crippen LogP contribution in [0.4, 0.5) is 0 Å². The van der Waals surface area contributed by atoms with E-state index in [9.17, 15) is 5.11 Å². The van der Waals surface area contributed by atoms with E-state index in [1.807, 2.05) is 6.07 Å². The molecule has 0 amide bonds. The lowest BCUT2D eigenvalue weighted by molar-refractivity contribution is 0.396. The van der Waals surface area contributed by atoms with Gasteiger partial charge in [0.25, 0.3) is 0 Å². The first-order valence-corrected chi connectivity index (χ1v) is 6.83. The van der Waals surface area contributed by atoms with E-state index in [2.05, 4.69) is 20.5 Å². The van der Waals surface area contributed by atoms with Crippen LogP contribution < -0.4 is 4.74 Å². The predicted octanol–water partition coefficient (Wildman–Crippen LogP) is 1.92. The van der Waals surface area contributed by atoms with E-state index in [0.717, 1.165) is 10.6 Å². The van der Waals surface area contributed by atoms with Crippen LogP contribution in [0.1, 0.15) is 0 Å². The molecule has 1 N–H and O–H groups in total. The molecule has 0 aliphatic carbocycles. The standard InChI is InChI=1S/C13H11N5O2S/c1-20-12-8-11(6-7-14-12)21-13-15-16-17-18(13)9-2-4-10(19)5-3-9/h2-8,19H,1H3. The summed E-state index contributed by atoms with van der Waals surface area (Å²) in [6.07, 6.45) is 1.66. The van der Waals surface area contributed by atoms with Gasteiger partial charge >= 0.3 is 0 Å². The SMILES string of the molecule is COc1cc(Sc2nnnn2-c2ccc(O)cc2)ccn1. The zero-order chi connectivity index (χ0) is 14.7. The zero-order valence-electron chi connectivity index (χ0n) is 11.0. The third-order valence-corrected chi connectivity index (χ3v) is 3.59. The Kier molecular flexibility index (Phi) is 3.69. The number of hydrogen-bond acceptors (Lipinski definition) is 7. The zero-order valence-corrected chi connectivity index (χ0v) is 11.9. The van der Waals surface area contributed by atoms with E-state index in [4.69, 9.17) is 4.74 Å². The molecule has 7 nitrogen and oxygen atoms in total. The van der Waals surface area contributed by atoms with Gasteiger partial charge < -0.3 is 9.84 Å². The number of aromatic nitrogens is 5. The van der Waals surface area contributed by atoms with Crippen molar-refractivity contribution in [1.82, 2.24) is 25.2 Å². The molecule has 21 heavy (non-hydrogen) atoms. The van der Waals surface area contributed by atoms with Crippen molar-refractivity contribution in [3.05, 3.63) is 42.6 Å². The van der Waals surface area contributed by atoms with Crippen molar-refractivity contribution < 1.29 is 9.84 Å². The third kappa shape index (κ3) is 2.95. The Morgan fingerprint density at radius 3 is 2.76 bits per heavy atom. The fraction of sp³-hybridized carbons (Fsp3) is 0.0769. The number of nitrogens with zero attached hydrogens (tertiary/aromatic N) is 5. The van der Waals surface area contributed by atoms with Crippen LogP contribution in [0.2, 0.25) is 0 Å². The minimum Gasteiger partial charge on any atom is -0.508 e. The molecule has 1 aromatic carbocycles. The molecule has 0 saturated heterocycles. The van der Waals surface area contributed by atoms with Gasteiger partial charge in [0, 0.05) is 17.2 Å². The molecule has 0 spiro atoms. The van der Waals surface area contributed by atoms with Gasteiger partial charge in [-0.25, -0.2) is 4.98 Å². The lowest BCUT2D eigenvalue weighted by atomic mass is 10.3. The van der Waals surface area contributed by atoms with Crippen LogP contribution in [0.3, 0.4) is 0 Å². The summed E-state index contributed by atoms with van der Waals surface area (Å²) < 4.78 is 6.69. The summed E-state index contributed by atoms with van der Waals surface area (Å²) in [5, 5.41) is 21.6. The fourth-order valence-electron chi connectivity index (χ4n) is 1.67. The second kappa shape index (κ2) is 5.80. The highest BCUT2D eigenvalue weighted by Crippen LogP contribution is 2.28. The lowest BCUT2D eigenvalue weighted by Crippen LogP contribution is -1.98. The topological polar surface area (TPSA) is 86.0 Å². The smallest absolute Gasteiger partial charge is 0.218 e. The minimum atomic E-state index is 0.194. The molecular formula is C13H11N5O2S. The van der Waals surface area contributed by atoms with E-state index in [0.29, 0.717) is 11.0 Å². The van der Waals surface area contributed by atoms with Gasteiger partial charge in [-0.05, 0) is 52.5 Å². The molecule has 0 fully saturated rings. The predicted molar refractivity (Wildman–Crippen MR) is 75.7 cm³/mol. The first-order chi connectivity index (χ1) is 10.3. The van der Waals surface area contributed by atoms with Crippen molar-refractivity contribution in [2.75, 3.05) is 7.11 Å². The number of rotatable bonds is 4. The van der Waals surface area contributed by atoms with Gasteiger partial charge in [-0.2, -0.15) is 4.68 Å². The van der Waals surface area contributed by atoms with Crippen LogP contribution in [-0.2, 0) is 0 Å². The maximum absolute atomic E-state index is 9.33. The number of benzene rings is 1. The largest absolute Gasteiger partial charge is 0.508 e. The van der Waals surface area contributed by atoms with Gasteiger partial charge in [0.15, 0.2) is 0 Å². The number of phenols is 1. The second-order valence-electron chi connectivity index (χ2n) is 4.03. The molecular weight excluding hydrogens is 290 g/mol. The number of methoxy groups -OCH3 is 1. The molecule has 0 bridgehead atoms. The Hall–Kier alpha value is -2.61. The molecule has 2 heterocycles. The van der Waals surface area contributed by atoms with Crippen LogP contribution in [0.25, 0.3) is 5.69 Å². The van der Waals surface area contributed by atoms with E-state index in [1.165, 1.54) is 11.8 Å². The first-order valence-electron chi connectivity index (χ1n) is 6.02. The van der Waals surface area contributed by atoms with Crippen molar-refractivity contribution in [2.24, 2.45) is 0 Å². The fourth-order valence-corrected chi connectivity index (χ4v) is 2.48. The Labute approximate surface area is 124 Å². The van der Waals surface area contributed by atoms with Gasteiger partial charge in [-0.3, -0.25) is 0 Å². The Morgan fingerprint density at radius 2 is 2.00 bits per heavy atom. The van der Waals surface area contributed by atoms with Gasteiger partial charge in [0.05, 0.1) is 12.8 Å². The quantitative estimate of drug-likeness (QED) is 0.787. The summed E-state index contributed by atoms with van der Waals surface area (Å²) in [4.78, 5) is 4.97. The maximum atomic E-state index is 9.33. The van der Waals surface area contributed by atoms with Crippen molar-refractivity contribution in [3.63, 3.8) is 0 Å². The molecule has 0 radical (unpaired) electrons. The van der Waals surface area contributed by atoms with Crippen molar-refractivity contribution in [1.29, 1.82) is 0 Å². The Bertz CT molecular complexity index is 744. The Balaban J connectivity index is 1.90. The molecule has 0 aliphatic heterocycles. The van der Waals surface area contributed by atoms with Gasteiger partial charge in [-0.15, -0.1) is 5.10 Å². The van der Waals surface area contributed by atoms with E-state index < -0.39 is 0 Å². The highest BCUT2D eigenvalue weighted by Gasteiger charge is 2.10. The summed E-state index contributed by atoms with van der Waals surface area (Å²) in [6, 6.07) is 10.3. The molecule has 3 aromatic rings. The van der Waals surface area contributed by atoms with Gasteiger partial charge in [0.2, 0.25) is 11.0 Å². The summed E-state index contributed by atoms with van der Waals surface area (Å²) in [5.74, 6) is 0.726. The number of tetrazole rings is 1. The molecule has 3 rings (SSSR count). The second-order valence-corrected chi connectivity index (χ2v) is 5.07. The summed E-state index contributed by atoms with van der Waals surface area (Å²) in [5.41, 5.74) is 0.765. The van der Waals surface area contributed by atoms with E-state index in [1.54, 1.807) is 48.3 Å². The molecule has 0 aliphatic rings. The summed E-state index contributed by atoms with van der Waals surface area (Å²) in [6.45, 7) is 0. The van der Waals surface area contributed by atoms with Crippen molar-refractivity contribution in [2.45, 2.75) is 10.1 Å². The van der Waals surface area contributed by atoms with Crippen molar-refractivity contribution >= 4 is 11.8 Å². The van der Waals surface area contributed by atoms with Gasteiger partial charge in [-0.1, -0.05) is 0 Å². The van der Waals surface area contributed by atoms with Crippen LogP contribution >= 0.6 is 11.8 Å². The van der Waals surface area contributed by atoms with Gasteiger partial charge in [0.1, 0.15) is 5.75 Å². The molecule has 106 valence electrons. The molecule has 0 saturated carbocycles. The average molecular weight is 301 g/mol. The molecule has 8 heteroatoms.